The second-order valence-corrected chi connectivity index (χ2v) is 2.48. The predicted octanol–water partition coefficient (Wildman–Crippen LogP) is -0.124. The van der Waals surface area contributed by atoms with Gasteiger partial charge in [-0.3, -0.25) is 0 Å². The quantitative estimate of drug-likeness (QED) is 0.663. The molecule has 0 radical (unpaired) electrons. The van der Waals surface area contributed by atoms with Gasteiger partial charge in [-0.05, 0) is 0 Å². The van der Waals surface area contributed by atoms with E-state index < -0.39 is 0 Å². The van der Waals surface area contributed by atoms with Crippen molar-refractivity contribution in [2.75, 3.05) is 6.54 Å². The fourth-order valence-corrected chi connectivity index (χ4v) is 0.943. The summed E-state index contributed by atoms with van der Waals surface area (Å²) in [6, 6.07) is 6.91. The minimum absolute atomic E-state index is 0. The van der Waals surface area contributed by atoms with Crippen LogP contribution in [0.4, 0.5) is 0 Å². The zero-order valence-electron chi connectivity index (χ0n) is 7.90. The molecule has 1 amide bonds. The minimum Gasteiger partial charge on any atom is -0.870 e. The Hall–Kier alpha value is -1.33. The molecule has 0 heterocycles. The fraction of sp³-hybridized carbons (Fsp3) is 0.222. The van der Waals surface area contributed by atoms with Crippen molar-refractivity contribution in [3.05, 3.63) is 29.8 Å². The first-order chi connectivity index (χ1) is 5.74. The van der Waals surface area contributed by atoms with Crippen molar-refractivity contribution in [1.29, 1.82) is 0 Å². The van der Waals surface area contributed by atoms with Crippen LogP contribution in [-0.4, -0.2) is 31.3 Å². The van der Waals surface area contributed by atoms with Gasteiger partial charge in [0.2, 0.25) is 0 Å². The molecule has 0 saturated heterocycles. The van der Waals surface area contributed by atoms with Crippen LogP contribution >= 0.6 is 0 Å². The van der Waals surface area contributed by atoms with Gasteiger partial charge in [0.05, 0.1) is 0 Å². The predicted molar refractivity (Wildman–Crippen MR) is 53.7 cm³/mol. The molecule has 1 aromatic rings. The summed E-state index contributed by atoms with van der Waals surface area (Å²) in [7, 11) is 5.51. The molecule has 0 aliphatic carbocycles. The molecule has 3 N–H and O–H groups in total. The normalized spacial score (nSPS) is 8.21. The molecule has 0 atom stereocenters. The first kappa shape index (κ1) is 15.2. The first-order valence-corrected chi connectivity index (χ1v) is 3.87. The van der Waals surface area contributed by atoms with Crippen molar-refractivity contribution in [2.45, 2.75) is 6.92 Å². The Balaban J connectivity index is 0. The van der Waals surface area contributed by atoms with Crippen LogP contribution in [0, 0.1) is 0 Å². The van der Waals surface area contributed by atoms with Crippen molar-refractivity contribution < 1.29 is 15.7 Å². The van der Waals surface area contributed by atoms with Gasteiger partial charge in [0.15, 0.2) is 0 Å². The van der Waals surface area contributed by atoms with E-state index in [1.165, 1.54) is 0 Å². The summed E-state index contributed by atoms with van der Waals surface area (Å²) in [5.74, 6) is -0.0789. The van der Waals surface area contributed by atoms with E-state index in [1.54, 1.807) is 24.3 Å². The summed E-state index contributed by atoms with van der Waals surface area (Å²) < 4.78 is 0. The van der Waals surface area contributed by atoms with E-state index in [4.69, 9.17) is 7.85 Å². The molecule has 1 rings (SSSR count). The Morgan fingerprint density at radius 2 is 2.07 bits per heavy atom. The van der Waals surface area contributed by atoms with E-state index in [0.717, 1.165) is 0 Å². The molecule has 0 fully saturated rings. The standard InChI is InChI=1S/C9H10BNO.2H2O/c1-2-11-9(12)7-4-3-5-8(10)6-7;;/h3-6H,2H2,1H3,(H,11,12);2*1H2/q+2;;/p-2. The fourth-order valence-electron chi connectivity index (χ4n) is 0.943. The van der Waals surface area contributed by atoms with Crippen LogP contribution in [0.3, 0.4) is 0 Å². The van der Waals surface area contributed by atoms with Crippen molar-refractivity contribution >= 4 is 19.2 Å². The van der Waals surface area contributed by atoms with E-state index >= 15 is 0 Å². The van der Waals surface area contributed by atoms with Crippen LogP contribution in [0.5, 0.6) is 0 Å². The van der Waals surface area contributed by atoms with Crippen molar-refractivity contribution in [2.24, 2.45) is 0 Å². The maximum Gasteiger partial charge on any atom is -0.870 e. The number of nitrogens with one attached hydrogen (secondary N) is 1. The Kier molecular flexibility index (Phi) is 7.70. The molecule has 0 aromatic heterocycles. The summed E-state index contributed by atoms with van der Waals surface area (Å²) in [6.07, 6.45) is 0. The van der Waals surface area contributed by atoms with E-state index in [2.05, 4.69) is 5.32 Å². The third-order valence-electron chi connectivity index (χ3n) is 1.49. The monoisotopic (exact) mass is 193 g/mol. The molecule has 14 heavy (non-hydrogen) atoms. The van der Waals surface area contributed by atoms with Crippen LogP contribution in [0.2, 0.25) is 0 Å². The SMILES string of the molecule is [B+2]c1cccc(C(=O)NCC)c1.[OH-].[OH-]. The summed E-state index contributed by atoms with van der Waals surface area (Å²) in [6.45, 7) is 2.51. The molecule has 74 valence electrons. The Bertz CT molecular complexity index is 291. The molecule has 0 unspecified atom stereocenters. The van der Waals surface area contributed by atoms with Crippen LogP contribution in [0.25, 0.3) is 0 Å². The van der Waals surface area contributed by atoms with Crippen LogP contribution < -0.4 is 10.8 Å². The van der Waals surface area contributed by atoms with E-state index in [-0.39, 0.29) is 16.9 Å². The van der Waals surface area contributed by atoms with Gasteiger partial charge < -0.3 is 11.0 Å². The number of hydrogen-bond donors (Lipinski definition) is 1. The topological polar surface area (TPSA) is 89.1 Å². The van der Waals surface area contributed by atoms with Gasteiger partial charge in [-0.2, -0.15) is 0 Å². The molecule has 0 aliphatic heterocycles. The maximum absolute atomic E-state index is 11.2. The molecule has 0 aliphatic rings. The van der Waals surface area contributed by atoms with Gasteiger partial charge in [-0.25, -0.2) is 0 Å². The van der Waals surface area contributed by atoms with Gasteiger partial charge in [-0.15, -0.1) is 0 Å². The third kappa shape index (κ3) is 4.07. The Morgan fingerprint density at radius 1 is 1.43 bits per heavy atom. The average Bonchev–Trinajstić information content (AvgIpc) is 2.05. The maximum atomic E-state index is 11.2. The summed E-state index contributed by atoms with van der Waals surface area (Å²) in [5, 5.41) is 2.69. The summed E-state index contributed by atoms with van der Waals surface area (Å²) >= 11 is 0. The number of carbonyl (C=O) groups excluding carboxylic acids is 1. The third-order valence-corrected chi connectivity index (χ3v) is 1.49. The Morgan fingerprint density at radius 3 is 2.57 bits per heavy atom. The number of hydrogen-bond acceptors (Lipinski definition) is 3. The average molecular weight is 193 g/mol. The number of benzene rings is 1. The second-order valence-electron chi connectivity index (χ2n) is 2.48. The Labute approximate surface area is 84.4 Å². The number of amides is 1. The molecule has 0 saturated carbocycles. The first-order valence-electron chi connectivity index (χ1n) is 3.87. The van der Waals surface area contributed by atoms with Crippen LogP contribution in [0.1, 0.15) is 17.3 Å². The zero-order valence-corrected chi connectivity index (χ0v) is 7.90. The van der Waals surface area contributed by atoms with Crippen LogP contribution in [-0.2, 0) is 0 Å². The van der Waals surface area contributed by atoms with E-state index in [9.17, 15) is 4.79 Å². The van der Waals surface area contributed by atoms with E-state index in [0.29, 0.717) is 17.6 Å². The molecule has 5 heteroatoms. The van der Waals surface area contributed by atoms with Gasteiger partial charge >= 0.3 is 72.6 Å². The summed E-state index contributed by atoms with van der Waals surface area (Å²) in [5.41, 5.74) is 1.22. The van der Waals surface area contributed by atoms with Gasteiger partial charge in [-0.1, -0.05) is 0 Å². The number of rotatable bonds is 2. The molecule has 4 nitrogen and oxygen atoms in total. The molecule has 1 aromatic carbocycles. The summed E-state index contributed by atoms with van der Waals surface area (Å²) in [4.78, 5) is 11.2. The van der Waals surface area contributed by atoms with Crippen LogP contribution in [0.15, 0.2) is 24.3 Å². The largest absolute Gasteiger partial charge is 0.870 e. The van der Waals surface area contributed by atoms with Gasteiger partial charge in [0.1, 0.15) is 0 Å². The second kappa shape index (κ2) is 7.11. The zero-order chi connectivity index (χ0) is 8.97. The number of carbonyl (C=O) groups is 1. The van der Waals surface area contributed by atoms with Crippen molar-refractivity contribution in [1.82, 2.24) is 5.32 Å². The smallest absolute Gasteiger partial charge is 0.870 e. The van der Waals surface area contributed by atoms with Gasteiger partial charge in [0.25, 0.3) is 0 Å². The van der Waals surface area contributed by atoms with Crippen molar-refractivity contribution in [3.63, 3.8) is 0 Å². The van der Waals surface area contributed by atoms with Crippen molar-refractivity contribution in [3.8, 4) is 0 Å². The minimum atomic E-state index is -0.0789. The molecular weight excluding hydrogens is 181 g/mol. The molecule has 0 spiro atoms. The molecule has 0 bridgehead atoms. The molecular formula is C9H12BNO3. The van der Waals surface area contributed by atoms with E-state index in [1.807, 2.05) is 6.92 Å². The van der Waals surface area contributed by atoms with Gasteiger partial charge in [0, 0.05) is 0 Å².